The van der Waals surface area contributed by atoms with E-state index in [9.17, 15) is 5.11 Å². The average molecular weight is 447 g/mol. The molecule has 4 rings (SSSR count). The molecule has 2 aromatic rings. The highest BCUT2D eigenvalue weighted by atomic mass is 16.5. The molecule has 2 aliphatic rings. The van der Waals surface area contributed by atoms with Gasteiger partial charge in [0.1, 0.15) is 11.6 Å². The minimum atomic E-state index is -0.250. The molecular weight excluding hydrogens is 412 g/mol. The minimum Gasteiger partial charge on any atom is -0.496 e. The summed E-state index contributed by atoms with van der Waals surface area (Å²) < 4.78 is 12.9. The number of hydrogen-bond acceptors (Lipinski definition) is 7. The number of aliphatic hydroxyl groups excluding tert-OH is 1. The van der Waals surface area contributed by atoms with E-state index in [2.05, 4.69) is 11.0 Å². The third kappa shape index (κ3) is 6.27. The highest BCUT2D eigenvalue weighted by Crippen LogP contribution is 2.30. The number of aromatic nitrogens is 3. The van der Waals surface area contributed by atoms with Gasteiger partial charge in [0.25, 0.3) is 6.47 Å². The molecule has 3 heterocycles. The number of methoxy groups -OCH3 is 1. The number of rotatable bonds is 7. The van der Waals surface area contributed by atoms with E-state index < -0.39 is 0 Å². The molecule has 9 nitrogen and oxygen atoms in total. The van der Waals surface area contributed by atoms with Crippen molar-refractivity contribution in [1.82, 2.24) is 19.7 Å². The van der Waals surface area contributed by atoms with Crippen LogP contribution in [-0.4, -0.2) is 82.4 Å². The van der Waals surface area contributed by atoms with Gasteiger partial charge in [0.05, 0.1) is 20.3 Å². The zero-order valence-corrected chi connectivity index (χ0v) is 18.7. The van der Waals surface area contributed by atoms with Crippen LogP contribution in [0.4, 0.5) is 0 Å². The van der Waals surface area contributed by atoms with Gasteiger partial charge in [0.15, 0.2) is 5.82 Å². The fourth-order valence-corrected chi connectivity index (χ4v) is 4.66. The van der Waals surface area contributed by atoms with Crippen LogP contribution in [0.25, 0.3) is 0 Å². The Morgan fingerprint density at radius 2 is 2.00 bits per heavy atom. The van der Waals surface area contributed by atoms with E-state index in [1.54, 1.807) is 7.11 Å². The molecule has 2 fully saturated rings. The van der Waals surface area contributed by atoms with Crippen molar-refractivity contribution in [3.8, 4) is 5.75 Å². The predicted octanol–water partition coefficient (Wildman–Crippen LogP) is 1.93. The quantitative estimate of drug-likeness (QED) is 0.621. The number of piperidine rings is 1. The van der Waals surface area contributed by atoms with Crippen LogP contribution in [0.3, 0.4) is 0 Å². The van der Waals surface area contributed by atoms with Crippen molar-refractivity contribution < 1.29 is 24.5 Å². The maximum absolute atomic E-state index is 9.55. The fraction of sp³-hybridized carbons (Fsp3) is 0.609. The highest BCUT2D eigenvalue weighted by Gasteiger charge is 2.30. The number of carboxylic acid groups (broad SMARTS) is 1. The molecule has 0 amide bonds. The summed E-state index contributed by atoms with van der Waals surface area (Å²) in [5.41, 5.74) is 1.08. The Kier molecular flexibility index (Phi) is 9.45. The first-order valence-electron chi connectivity index (χ1n) is 11.3. The van der Waals surface area contributed by atoms with Gasteiger partial charge in [0, 0.05) is 43.7 Å². The van der Waals surface area contributed by atoms with Gasteiger partial charge in [-0.15, -0.1) is 0 Å². The third-order valence-corrected chi connectivity index (χ3v) is 6.12. The van der Waals surface area contributed by atoms with Crippen LogP contribution >= 0.6 is 0 Å². The standard InChI is InChI=1S/C22H32N4O3.CH2O2/c1-28-20-7-3-2-5-17(20)15-21-23-22(26(24-21)11-12-27)18-6-4-10-25(16-18)19-8-13-29-14-9-19;2-1-3/h2-3,5,7,18-19,27H,4,6,8-16H2,1H3;1H,(H,2,3). The van der Waals surface area contributed by atoms with Gasteiger partial charge in [-0.05, 0) is 38.3 Å². The Morgan fingerprint density at radius 1 is 1.25 bits per heavy atom. The Hall–Kier alpha value is -2.49. The Bertz CT molecular complexity index is 838. The average Bonchev–Trinajstić information content (AvgIpc) is 3.23. The van der Waals surface area contributed by atoms with E-state index in [1.165, 1.54) is 6.42 Å². The van der Waals surface area contributed by atoms with Gasteiger partial charge in [-0.25, -0.2) is 9.67 Å². The van der Waals surface area contributed by atoms with Crippen LogP contribution in [0.1, 0.15) is 48.8 Å². The normalized spacial score (nSPS) is 19.8. The van der Waals surface area contributed by atoms with Gasteiger partial charge in [-0.3, -0.25) is 9.69 Å². The Balaban J connectivity index is 0.000000913. The summed E-state index contributed by atoms with van der Waals surface area (Å²) in [4.78, 5) is 15.9. The van der Waals surface area contributed by atoms with Crippen LogP contribution in [0.15, 0.2) is 24.3 Å². The molecule has 0 saturated carbocycles. The zero-order valence-electron chi connectivity index (χ0n) is 18.7. The van der Waals surface area contributed by atoms with E-state index in [4.69, 9.17) is 29.5 Å². The lowest BCUT2D eigenvalue weighted by Gasteiger charge is -2.39. The maximum Gasteiger partial charge on any atom is 0.290 e. The topological polar surface area (TPSA) is 110 Å². The summed E-state index contributed by atoms with van der Waals surface area (Å²) in [5.74, 6) is 3.02. The summed E-state index contributed by atoms with van der Waals surface area (Å²) >= 11 is 0. The first-order valence-corrected chi connectivity index (χ1v) is 11.3. The van der Waals surface area contributed by atoms with Gasteiger partial charge in [-0.1, -0.05) is 18.2 Å². The van der Waals surface area contributed by atoms with Crippen LogP contribution < -0.4 is 4.74 Å². The summed E-state index contributed by atoms with van der Waals surface area (Å²) in [6.07, 6.45) is 5.17. The molecule has 0 aliphatic carbocycles. The van der Waals surface area contributed by atoms with Crippen molar-refractivity contribution in [3.63, 3.8) is 0 Å². The number of likely N-dealkylation sites (tertiary alicyclic amines) is 1. The second kappa shape index (κ2) is 12.5. The van der Waals surface area contributed by atoms with Crippen molar-refractivity contribution in [2.45, 2.75) is 50.6 Å². The predicted molar refractivity (Wildman–Crippen MR) is 119 cm³/mol. The molecule has 32 heavy (non-hydrogen) atoms. The molecule has 1 atom stereocenters. The molecule has 2 saturated heterocycles. The lowest BCUT2D eigenvalue weighted by Crippen LogP contribution is -2.45. The molecule has 0 spiro atoms. The molecular formula is C23H34N4O5. The highest BCUT2D eigenvalue weighted by molar-refractivity contribution is 5.35. The molecule has 1 aromatic carbocycles. The van der Waals surface area contributed by atoms with E-state index >= 15 is 0 Å². The van der Waals surface area contributed by atoms with Gasteiger partial charge < -0.3 is 19.7 Å². The van der Waals surface area contributed by atoms with Gasteiger partial charge >= 0.3 is 0 Å². The van der Waals surface area contributed by atoms with Crippen LogP contribution in [0.2, 0.25) is 0 Å². The summed E-state index contributed by atoms with van der Waals surface area (Å²) in [5, 5.41) is 21.2. The summed E-state index contributed by atoms with van der Waals surface area (Å²) in [7, 11) is 1.69. The molecule has 1 aromatic heterocycles. The number of nitrogens with zero attached hydrogens (tertiary/aromatic N) is 4. The number of carbonyl (C=O) groups is 1. The monoisotopic (exact) mass is 446 g/mol. The molecule has 2 aliphatic heterocycles. The second-order valence-corrected chi connectivity index (χ2v) is 8.10. The van der Waals surface area contributed by atoms with Crippen LogP contribution in [0, 0.1) is 0 Å². The minimum absolute atomic E-state index is 0.0703. The number of benzene rings is 1. The van der Waals surface area contributed by atoms with Crippen molar-refractivity contribution in [1.29, 1.82) is 0 Å². The van der Waals surface area contributed by atoms with Crippen molar-refractivity contribution in [3.05, 3.63) is 41.5 Å². The zero-order chi connectivity index (χ0) is 22.8. The summed E-state index contributed by atoms with van der Waals surface area (Å²) in [6, 6.07) is 8.62. The first-order chi connectivity index (χ1) is 15.7. The molecule has 9 heteroatoms. The molecule has 0 radical (unpaired) electrons. The number of aliphatic hydroxyl groups is 1. The molecule has 2 N–H and O–H groups in total. The van der Waals surface area contributed by atoms with Gasteiger partial charge in [-0.2, -0.15) is 5.10 Å². The number of ether oxygens (including phenoxy) is 2. The number of para-hydroxylation sites is 1. The SMILES string of the molecule is COc1ccccc1Cc1nc(C2CCCN(C3CCOCC3)C2)n(CCO)n1.O=CO. The van der Waals surface area contributed by atoms with E-state index in [0.29, 0.717) is 24.9 Å². The molecule has 176 valence electrons. The van der Waals surface area contributed by atoms with Crippen molar-refractivity contribution in [2.75, 3.05) is 40.0 Å². The molecule has 0 bridgehead atoms. The smallest absolute Gasteiger partial charge is 0.290 e. The first kappa shape index (κ1) is 24.2. The fourth-order valence-electron chi connectivity index (χ4n) is 4.66. The van der Waals surface area contributed by atoms with E-state index in [-0.39, 0.29) is 13.1 Å². The Labute approximate surface area is 189 Å². The van der Waals surface area contributed by atoms with Crippen molar-refractivity contribution in [2.24, 2.45) is 0 Å². The largest absolute Gasteiger partial charge is 0.496 e. The lowest BCUT2D eigenvalue weighted by atomic mass is 9.94. The maximum atomic E-state index is 9.55. The third-order valence-electron chi connectivity index (χ3n) is 6.12. The van der Waals surface area contributed by atoms with E-state index in [0.717, 1.165) is 68.5 Å². The number of hydrogen-bond donors (Lipinski definition) is 2. The summed E-state index contributed by atoms with van der Waals surface area (Å²) in [6.45, 7) is 4.22. The van der Waals surface area contributed by atoms with Crippen molar-refractivity contribution >= 4 is 6.47 Å². The Morgan fingerprint density at radius 3 is 2.72 bits per heavy atom. The van der Waals surface area contributed by atoms with E-state index in [1.807, 2.05) is 22.9 Å². The van der Waals surface area contributed by atoms with Crippen LogP contribution in [0.5, 0.6) is 5.75 Å². The lowest BCUT2D eigenvalue weighted by molar-refractivity contribution is -0.122. The van der Waals surface area contributed by atoms with Gasteiger partial charge in [0.2, 0.25) is 0 Å². The molecule has 1 unspecified atom stereocenters. The second-order valence-electron chi connectivity index (χ2n) is 8.10. The van der Waals surface area contributed by atoms with Crippen LogP contribution in [-0.2, 0) is 22.5 Å².